The molecule has 0 aliphatic heterocycles. The molecule has 70 valence electrons. The summed E-state index contributed by atoms with van der Waals surface area (Å²) in [5.41, 5.74) is 1.08. The molecule has 0 aromatic rings. The highest BCUT2D eigenvalue weighted by atomic mass is 16.3. The van der Waals surface area contributed by atoms with E-state index in [2.05, 4.69) is 6.58 Å². The molecule has 0 spiro atoms. The van der Waals surface area contributed by atoms with Gasteiger partial charge in [-0.1, -0.05) is 19.1 Å². The minimum Gasteiger partial charge on any atom is -0.396 e. The van der Waals surface area contributed by atoms with Gasteiger partial charge in [0.1, 0.15) is 0 Å². The lowest BCUT2D eigenvalue weighted by Gasteiger charge is -2.20. The highest BCUT2D eigenvalue weighted by molar-refractivity contribution is 5.05. The maximum absolute atomic E-state index is 9.57. The van der Waals surface area contributed by atoms with Gasteiger partial charge in [0, 0.05) is 6.61 Å². The molecule has 0 amide bonds. The minimum absolute atomic E-state index is 0.162. The minimum atomic E-state index is -0.260. The molecule has 0 aromatic carbocycles. The molecule has 1 fully saturated rings. The summed E-state index contributed by atoms with van der Waals surface area (Å²) in [7, 11) is 0. The molecule has 2 N–H and O–H groups in total. The fraction of sp³-hybridized carbons (Fsp3) is 0.800. The first-order chi connectivity index (χ1) is 5.57. The quantitative estimate of drug-likeness (QED) is 0.611. The Labute approximate surface area is 73.9 Å². The second-order valence-electron chi connectivity index (χ2n) is 3.96. The van der Waals surface area contributed by atoms with E-state index in [0.717, 1.165) is 12.0 Å². The van der Waals surface area contributed by atoms with Crippen molar-refractivity contribution < 1.29 is 10.2 Å². The molecule has 2 heteroatoms. The number of rotatable bonds is 2. The van der Waals surface area contributed by atoms with Crippen LogP contribution in [0.15, 0.2) is 12.2 Å². The Morgan fingerprint density at radius 3 is 2.50 bits per heavy atom. The molecule has 1 aliphatic carbocycles. The molecule has 0 aromatic heterocycles. The van der Waals surface area contributed by atoms with Crippen molar-refractivity contribution in [3.8, 4) is 0 Å². The second kappa shape index (κ2) is 3.58. The molecule has 0 heterocycles. The van der Waals surface area contributed by atoms with Crippen molar-refractivity contribution in [1.82, 2.24) is 0 Å². The van der Waals surface area contributed by atoms with Gasteiger partial charge in [-0.05, 0) is 31.1 Å². The van der Waals surface area contributed by atoms with Crippen LogP contribution >= 0.6 is 0 Å². The molecule has 0 radical (unpaired) electrons. The monoisotopic (exact) mass is 170 g/mol. The van der Waals surface area contributed by atoms with E-state index in [9.17, 15) is 5.11 Å². The highest BCUT2D eigenvalue weighted by Crippen LogP contribution is 2.40. The lowest BCUT2D eigenvalue weighted by Crippen LogP contribution is -2.20. The molecule has 1 aliphatic rings. The molecule has 12 heavy (non-hydrogen) atoms. The van der Waals surface area contributed by atoms with E-state index < -0.39 is 0 Å². The first-order valence-corrected chi connectivity index (χ1v) is 4.52. The third-order valence-electron chi connectivity index (χ3n) is 3.14. The van der Waals surface area contributed by atoms with Crippen molar-refractivity contribution in [1.29, 1.82) is 0 Å². The summed E-state index contributed by atoms with van der Waals surface area (Å²) in [6.07, 6.45) is 0.505. The molecule has 4 atom stereocenters. The van der Waals surface area contributed by atoms with Crippen molar-refractivity contribution in [2.24, 2.45) is 17.8 Å². The fourth-order valence-corrected chi connectivity index (χ4v) is 2.16. The van der Waals surface area contributed by atoms with Gasteiger partial charge in [-0.2, -0.15) is 0 Å². The van der Waals surface area contributed by atoms with Gasteiger partial charge in [0.25, 0.3) is 0 Å². The van der Waals surface area contributed by atoms with Crippen molar-refractivity contribution in [3.63, 3.8) is 0 Å². The second-order valence-corrected chi connectivity index (χ2v) is 3.96. The van der Waals surface area contributed by atoms with Gasteiger partial charge in [0.2, 0.25) is 0 Å². The van der Waals surface area contributed by atoms with E-state index in [4.69, 9.17) is 5.11 Å². The smallest absolute Gasteiger partial charge is 0.0575 e. The van der Waals surface area contributed by atoms with Crippen molar-refractivity contribution >= 4 is 0 Å². The van der Waals surface area contributed by atoms with Gasteiger partial charge < -0.3 is 10.2 Å². The normalized spacial score (nSPS) is 41.7. The van der Waals surface area contributed by atoms with Crippen LogP contribution in [0.5, 0.6) is 0 Å². The number of hydrogen-bond acceptors (Lipinski definition) is 2. The molecule has 1 saturated carbocycles. The Morgan fingerprint density at radius 2 is 2.17 bits per heavy atom. The molecular weight excluding hydrogens is 152 g/mol. The maximum Gasteiger partial charge on any atom is 0.0575 e. The van der Waals surface area contributed by atoms with Crippen LogP contribution in [-0.2, 0) is 0 Å². The van der Waals surface area contributed by atoms with E-state index in [1.807, 2.05) is 13.8 Å². The molecule has 0 saturated heterocycles. The third-order valence-corrected chi connectivity index (χ3v) is 3.14. The molecule has 1 rings (SSSR count). The number of hydrogen-bond donors (Lipinski definition) is 2. The summed E-state index contributed by atoms with van der Waals surface area (Å²) in [5, 5.41) is 18.7. The molecule has 0 unspecified atom stereocenters. The topological polar surface area (TPSA) is 40.5 Å². The third kappa shape index (κ3) is 1.54. The molecule has 0 bridgehead atoms. The van der Waals surface area contributed by atoms with Crippen molar-refractivity contribution in [2.75, 3.05) is 6.61 Å². The van der Waals surface area contributed by atoms with Gasteiger partial charge >= 0.3 is 0 Å². The number of allylic oxidation sites excluding steroid dienone is 1. The van der Waals surface area contributed by atoms with Crippen LogP contribution in [0.1, 0.15) is 20.3 Å². The summed E-state index contributed by atoms with van der Waals surface area (Å²) in [6, 6.07) is 0. The van der Waals surface area contributed by atoms with Gasteiger partial charge in [0.05, 0.1) is 6.10 Å². The summed E-state index contributed by atoms with van der Waals surface area (Å²) in [5.74, 6) is 0.717. The number of aliphatic hydroxyl groups is 2. The lowest BCUT2D eigenvalue weighted by atomic mass is 9.87. The van der Waals surface area contributed by atoms with Gasteiger partial charge in [0.15, 0.2) is 0 Å². The Balaban J connectivity index is 2.71. The predicted octanol–water partition coefficient (Wildman–Crippen LogP) is 1.19. The van der Waals surface area contributed by atoms with Crippen molar-refractivity contribution in [2.45, 2.75) is 26.4 Å². The summed E-state index contributed by atoms with van der Waals surface area (Å²) >= 11 is 0. The van der Waals surface area contributed by atoms with E-state index in [1.165, 1.54) is 0 Å². The Bertz CT molecular complexity index is 177. The average Bonchev–Trinajstić information content (AvgIpc) is 2.29. The molecule has 2 nitrogen and oxygen atoms in total. The zero-order chi connectivity index (χ0) is 9.30. The Morgan fingerprint density at radius 1 is 1.58 bits per heavy atom. The summed E-state index contributed by atoms with van der Waals surface area (Å²) in [4.78, 5) is 0. The maximum atomic E-state index is 9.57. The first-order valence-electron chi connectivity index (χ1n) is 4.52. The van der Waals surface area contributed by atoms with Crippen molar-refractivity contribution in [3.05, 3.63) is 12.2 Å². The SMILES string of the molecule is C=C(C)[C@@H]1C[C@@H](O)[C@@H](C)[C@@H]1CO. The first kappa shape index (κ1) is 9.75. The van der Waals surface area contributed by atoms with Crippen LogP contribution in [-0.4, -0.2) is 22.9 Å². The Kier molecular flexibility index (Phi) is 2.91. The standard InChI is InChI=1S/C10H18O2/c1-6(2)8-4-10(12)7(3)9(8)5-11/h7-12H,1,4-5H2,2-3H3/t7-,8-,9-,10+/m0/s1. The average molecular weight is 170 g/mol. The lowest BCUT2D eigenvalue weighted by molar-refractivity contribution is 0.107. The number of aliphatic hydroxyl groups excluding tert-OH is 2. The summed E-state index contributed by atoms with van der Waals surface area (Å²) in [6.45, 7) is 8.01. The van der Waals surface area contributed by atoms with E-state index in [0.29, 0.717) is 5.92 Å². The highest BCUT2D eigenvalue weighted by Gasteiger charge is 2.39. The Hall–Kier alpha value is -0.340. The van der Waals surface area contributed by atoms with Gasteiger partial charge in [-0.3, -0.25) is 0 Å². The van der Waals surface area contributed by atoms with E-state index in [-0.39, 0.29) is 24.5 Å². The van der Waals surface area contributed by atoms with E-state index in [1.54, 1.807) is 0 Å². The molecular formula is C10H18O2. The van der Waals surface area contributed by atoms with E-state index >= 15 is 0 Å². The van der Waals surface area contributed by atoms with Crippen LogP contribution in [0.4, 0.5) is 0 Å². The largest absolute Gasteiger partial charge is 0.396 e. The van der Waals surface area contributed by atoms with Gasteiger partial charge in [-0.15, -0.1) is 0 Å². The van der Waals surface area contributed by atoms with Crippen LogP contribution in [0, 0.1) is 17.8 Å². The van der Waals surface area contributed by atoms with Crippen LogP contribution in [0.25, 0.3) is 0 Å². The predicted molar refractivity (Wildman–Crippen MR) is 48.7 cm³/mol. The van der Waals surface area contributed by atoms with Gasteiger partial charge in [-0.25, -0.2) is 0 Å². The fourth-order valence-electron chi connectivity index (χ4n) is 2.16. The zero-order valence-electron chi connectivity index (χ0n) is 7.83. The van der Waals surface area contributed by atoms with Crippen LogP contribution < -0.4 is 0 Å². The van der Waals surface area contributed by atoms with Crippen LogP contribution in [0.2, 0.25) is 0 Å². The zero-order valence-corrected chi connectivity index (χ0v) is 7.83. The van der Waals surface area contributed by atoms with Crippen LogP contribution in [0.3, 0.4) is 0 Å². The summed E-state index contributed by atoms with van der Waals surface area (Å²) < 4.78 is 0.